The number of nitrogens with one attached hydrogen (secondary N) is 1. The van der Waals surface area contributed by atoms with Crippen LogP contribution in [0.2, 0.25) is 0 Å². The molecule has 8 heteroatoms. The van der Waals surface area contributed by atoms with Gasteiger partial charge in [0.05, 0.1) is 6.61 Å². The molecule has 0 aromatic carbocycles. The molecule has 1 aromatic rings. The third kappa shape index (κ3) is 2.68. The van der Waals surface area contributed by atoms with E-state index in [2.05, 4.69) is 4.98 Å². The van der Waals surface area contributed by atoms with Crippen LogP contribution in [0.4, 0.5) is 0 Å². The van der Waals surface area contributed by atoms with Crippen molar-refractivity contribution in [2.24, 2.45) is 0 Å². The molecular weight excluding hydrogens is 268 g/mol. The molecule has 0 aliphatic carbocycles. The van der Waals surface area contributed by atoms with Crippen LogP contribution >= 0.6 is 0 Å². The van der Waals surface area contributed by atoms with Crippen molar-refractivity contribution in [2.75, 3.05) is 27.9 Å². The molecule has 20 heavy (non-hydrogen) atoms. The first-order chi connectivity index (χ1) is 9.62. The molecular formula is C12H18N2O6. The van der Waals surface area contributed by atoms with E-state index in [9.17, 15) is 9.59 Å². The van der Waals surface area contributed by atoms with Crippen molar-refractivity contribution in [1.29, 1.82) is 0 Å². The van der Waals surface area contributed by atoms with E-state index in [1.54, 1.807) is 14.2 Å². The summed E-state index contributed by atoms with van der Waals surface area (Å²) in [6.07, 6.45) is -0.527. The van der Waals surface area contributed by atoms with E-state index in [0.717, 1.165) is 0 Å². The molecule has 1 N–H and O–H groups in total. The Morgan fingerprint density at radius 1 is 1.25 bits per heavy atom. The maximum Gasteiger partial charge on any atom is 0.330 e. The number of nitrogens with zero attached hydrogens (tertiary/aromatic N) is 1. The number of aromatic nitrogens is 2. The summed E-state index contributed by atoms with van der Waals surface area (Å²) in [5.41, 5.74) is -1.02. The quantitative estimate of drug-likeness (QED) is 0.755. The fraction of sp³-hybridized carbons (Fsp3) is 0.667. The van der Waals surface area contributed by atoms with E-state index in [4.69, 9.17) is 18.9 Å². The molecule has 2 rings (SSSR count). The van der Waals surface area contributed by atoms with Crippen LogP contribution in [0, 0.1) is 0 Å². The molecule has 2 heterocycles. The van der Waals surface area contributed by atoms with Gasteiger partial charge in [0.2, 0.25) is 0 Å². The molecule has 1 aliphatic heterocycles. The number of rotatable bonds is 5. The fourth-order valence-electron chi connectivity index (χ4n) is 2.39. The summed E-state index contributed by atoms with van der Waals surface area (Å²) in [5, 5.41) is 0. The second-order valence-corrected chi connectivity index (χ2v) is 4.44. The van der Waals surface area contributed by atoms with Crippen LogP contribution in [0.15, 0.2) is 21.9 Å². The van der Waals surface area contributed by atoms with Crippen LogP contribution in [0.1, 0.15) is 6.23 Å². The van der Waals surface area contributed by atoms with E-state index >= 15 is 0 Å². The van der Waals surface area contributed by atoms with E-state index in [1.807, 2.05) is 0 Å². The van der Waals surface area contributed by atoms with Gasteiger partial charge >= 0.3 is 5.69 Å². The van der Waals surface area contributed by atoms with Crippen molar-refractivity contribution in [3.8, 4) is 0 Å². The van der Waals surface area contributed by atoms with Gasteiger partial charge in [0, 0.05) is 33.6 Å². The zero-order chi connectivity index (χ0) is 14.7. The second kappa shape index (κ2) is 6.31. The Balaban J connectivity index is 2.35. The predicted molar refractivity (Wildman–Crippen MR) is 68.7 cm³/mol. The summed E-state index contributed by atoms with van der Waals surface area (Å²) < 4.78 is 22.9. The average Bonchev–Trinajstić information content (AvgIpc) is 2.76. The van der Waals surface area contributed by atoms with Crippen molar-refractivity contribution < 1.29 is 18.9 Å². The van der Waals surface area contributed by atoms with Crippen molar-refractivity contribution >= 4 is 0 Å². The van der Waals surface area contributed by atoms with Gasteiger partial charge in [-0.05, 0) is 0 Å². The third-order valence-electron chi connectivity index (χ3n) is 3.29. The molecule has 1 unspecified atom stereocenters. The highest BCUT2D eigenvalue weighted by Gasteiger charge is 2.46. The van der Waals surface area contributed by atoms with Crippen LogP contribution in [0.5, 0.6) is 0 Å². The van der Waals surface area contributed by atoms with E-state index < -0.39 is 23.6 Å². The topological polar surface area (TPSA) is 91.8 Å². The first-order valence-electron chi connectivity index (χ1n) is 6.13. The van der Waals surface area contributed by atoms with Gasteiger partial charge in [0.15, 0.2) is 6.23 Å². The molecule has 0 spiro atoms. The number of hydrogen-bond acceptors (Lipinski definition) is 6. The van der Waals surface area contributed by atoms with Crippen molar-refractivity contribution in [1.82, 2.24) is 9.55 Å². The lowest BCUT2D eigenvalue weighted by Crippen LogP contribution is -2.39. The van der Waals surface area contributed by atoms with Crippen molar-refractivity contribution in [3.05, 3.63) is 33.1 Å². The van der Waals surface area contributed by atoms with Crippen LogP contribution in [-0.2, 0) is 18.9 Å². The Morgan fingerprint density at radius 2 is 1.95 bits per heavy atom. The summed E-state index contributed by atoms with van der Waals surface area (Å²) in [5.74, 6) is 0. The van der Waals surface area contributed by atoms with Crippen molar-refractivity contribution in [2.45, 2.75) is 24.5 Å². The van der Waals surface area contributed by atoms with Gasteiger partial charge in [-0.3, -0.25) is 14.3 Å². The Kier molecular flexibility index (Phi) is 4.71. The summed E-state index contributed by atoms with van der Waals surface area (Å²) in [6, 6.07) is 1.25. The maximum atomic E-state index is 11.8. The first kappa shape index (κ1) is 14.9. The monoisotopic (exact) mass is 286 g/mol. The lowest BCUT2D eigenvalue weighted by atomic mass is 10.1. The fourth-order valence-corrected chi connectivity index (χ4v) is 2.39. The Morgan fingerprint density at radius 3 is 2.50 bits per heavy atom. The zero-order valence-electron chi connectivity index (χ0n) is 11.6. The number of ether oxygens (including phenoxy) is 4. The highest BCUT2D eigenvalue weighted by molar-refractivity contribution is 4.94. The molecule has 8 nitrogen and oxygen atoms in total. The Bertz CT molecular complexity index is 553. The van der Waals surface area contributed by atoms with Crippen LogP contribution in [0.25, 0.3) is 0 Å². The molecule has 1 saturated heterocycles. The van der Waals surface area contributed by atoms with Crippen molar-refractivity contribution in [3.63, 3.8) is 0 Å². The van der Waals surface area contributed by atoms with Gasteiger partial charge in [-0.25, -0.2) is 4.79 Å². The average molecular weight is 286 g/mol. The Labute approximate surface area is 115 Å². The smallest absolute Gasteiger partial charge is 0.330 e. The van der Waals surface area contributed by atoms with Gasteiger partial charge in [-0.2, -0.15) is 0 Å². The highest BCUT2D eigenvalue weighted by atomic mass is 16.6. The molecule has 1 aromatic heterocycles. The largest absolute Gasteiger partial charge is 0.382 e. The normalized spacial score (nSPS) is 29.8. The molecule has 0 radical (unpaired) electrons. The summed E-state index contributed by atoms with van der Waals surface area (Å²) in [4.78, 5) is 25.1. The molecule has 0 amide bonds. The zero-order valence-corrected chi connectivity index (χ0v) is 11.6. The number of hydrogen-bond donors (Lipinski definition) is 1. The highest BCUT2D eigenvalue weighted by Crippen LogP contribution is 2.32. The Hall–Kier alpha value is -1.48. The van der Waals surface area contributed by atoms with E-state index in [0.29, 0.717) is 6.61 Å². The minimum absolute atomic E-state index is 0.312. The van der Waals surface area contributed by atoms with Gasteiger partial charge in [-0.1, -0.05) is 0 Å². The molecule has 0 bridgehead atoms. The third-order valence-corrected chi connectivity index (χ3v) is 3.29. The summed E-state index contributed by atoms with van der Waals surface area (Å²) in [6.45, 7) is 0.312. The lowest BCUT2D eigenvalue weighted by molar-refractivity contribution is -0.0673. The first-order valence-corrected chi connectivity index (χ1v) is 6.13. The molecule has 0 saturated carbocycles. The number of aromatic amines is 1. The number of H-pyrrole nitrogens is 1. The van der Waals surface area contributed by atoms with E-state index in [1.165, 1.54) is 23.9 Å². The predicted octanol–water partition coefficient (Wildman–Crippen LogP) is -0.890. The molecule has 4 atom stereocenters. The minimum Gasteiger partial charge on any atom is -0.382 e. The maximum absolute atomic E-state index is 11.8. The van der Waals surface area contributed by atoms with Crippen LogP contribution < -0.4 is 11.2 Å². The SMILES string of the molecule is COC[C@H]1O[C@@H](n2ccc(=O)[nH]c2=O)[C@@H](OC)C1OC. The number of methoxy groups -OCH3 is 3. The molecule has 1 aliphatic rings. The second-order valence-electron chi connectivity index (χ2n) is 4.44. The molecule has 112 valence electrons. The summed E-state index contributed by atoms with van der Waals surface area (Å²) >= 11 is 0. The standard InChI is InChI=1S/C12H18N2O6/c1-17-6-7-9(18-2)10(19-3)11(20-7)14-5-4-8(15)13-12(14)16/h4-5,7,9-11H,6H2,1-3H3,(H,13,15,16)/t7-,9?,10+,11-/m1/s1. The van der Waals surface area contributed by atoms with E-state index in [-0.39, 0.29) is 12.2 Å². The summed E-state index contributed by atoms with van der Waals surface area (Å²) in [7, 11) is 4.61. The van der Waals surface area contributed by atoms with Gasteiger partial charge < -0.3 is 18.9 Å². The molecule has 1 fully saturated rings. The van der Waals surface area contributed by atoms with Crippen LogP contribution in [0.3, 0.4) is 0 Å². The van der Waals surface area contributed by atoms with Gasteiger partial charge in [-0.15, -0.1) is 0 Å². The van der Waals surface area contributed by atoms with Crippen LogP contribution in [-0.4, -0.2) is 55.8 Å². The van der Waals surface area contributed by atoms with Gasteiger partial charge in [0.1, 0.15) is 18.3 Å². The van der Waals surface area contributed by atoms with Gasteiger partial charge in [0.25, 0.3) is 5.56 Å². The lowest BCUT2D eigenvalue weighted by Gasteiger charge is -2.22. The minimum atomic E-state index is -0.686.